The lowest BCUT2D eigenvalue weighted by Gasteiger charge is -2.12. The molecule has 2 aromatic rings. The van der Waals surface area contributed by atoms with E-state index in [2.05, 4.69) is 6.92 Å². The number of hydrogen-bond acceptors (Lipinski definition) is 6. The van der Waals surface area contributed by atoms with E-state index < -0.39 is 0 Å². The van der Waals surface area contributed by atoms with Crippen molar-refractivity contribution in [3.8, 4) is 11.5 Å². The molecule has 1 aromatic heterocycles. The first-order valence-corrected chi connectivity index (χ1v) is 10.0. The van der Waals surface area contributed by atoms with E-state index in [0.717, 1.165) is 12.0 Å². The quantitative estimate of drug-likeness (QED) is 0.463. The maximum atomic E-state index is 12.7. The van der Waals surface area contributed by atoms with Crippen molar-refractivity contribution in [2.75, 3.05) is 13.2 Å². The average Bonchev–Trinajstić information content (AvgIpc) is 3.26. The fourth-order valence-corrected chi connectivity index (χ4v) is 3.82. The Morgan fingerprint density at radius 3 is 2.78 bits per heavy atom. The van der Waals surface area contributed by atoms with Crippen LogP contribution in [0.2, 0.25) is 0 Å². The number of furan rings is 1. The van der Waals surface area contributed by atoms with Crippen molar-refractivity contribution in [2.24, 2.45) is 0 Å². The first kappa shape index (κ1) is 19.5. The van der Waals surface area contributed by atoms with Gasteiger partial charge < -0.3 is 13.9 Å². The van der Waals surface area contributed by atoms with Crippen molar-refractivity contribution < 1.29 is 18.7 Å². The molecule has 0 unspecified atom stereocenters. The van der Waals surface area contributed by atoms with Gasteiger partial charge in [0.1, 0.15) is 10.1 Å². The largest absolute Gasteiger partial charge is 0.490 e. The standard InChI is InChI=1S/C20H21NO4S2/c1-3-9-25-16-8-7-14(11-17(16)23-4-2)12-18-19(22)21(20(26)27-18)13-15-6-5-10-24-15/h5-8,10-12H,3-4,9,13H2,1-2H3. The monoisotopic (exact) mass is 403 g/mol. The van der Waals surface area contributed by atoms with Crippen molar-refractivity contribution in [3.63, 3.8) is 0 Å². The topological polar surface area (TPSA) is 51.9 Å². The normalized spacial score (nSPS) is 15.6. The van der Waals surface area contributed by atoms with Gasteiger partial charge in [0.2, 0.25) is 0 Å². The molecule has 142 valence electrons. The molecule has 1 aliphatic heterocycles. The van der Waals surface area contributed by atoms with Crippen LogP contribution in [-0.4, -0.2) is 28.3 Å². The van der Waals surface area contributed by atoms with Crippen LogP contribution in [0.15, 0.2) is 45.9 Å². The molecule has 1 aliphatic rings. The summed E-state index contributed by atoms with van der Waals surface area (Å²) in [4.78, 5) is 14.8. The van der Waals surface area contributed by atoms with Crippen molar-refractivity contribution >= 4 is 40.3 Å². The highest BCUT2D eigenvalue weighted by atomic mass is 32.2. The molecule has 0 saturated carbocycles. The minimum Gasteiger partial charge on any atom is -0.490 e. The van der Waals surface area contributed by atoms with Crippen molar-refractivity contribution in [1.29, 1.82) is 0 Å². The van der Waals surface area contributed by atoms with Gasteiger partial charge in [-0.25, -0.2) is 0 Å². The summed E-state index contributed by atoms with van der Waals surface area (Å²) in [7, 11) is 0. The maximum Gasteiger partial charge on any atom is 0.266 e. The molecular weight excluding hydrogens is 382 g/mol. The molecule has 0 N–H and O–H groups in total. The lowest BCUT2D eigenvalue weighted by molar-refractivity contribution is -0.122. The Hall–Kier alpha value is -2.25. The minimum absolute atomic E-state index is 0.120. The van der Waals surface area contributed by atoms with Crippen LogP contribution in [-0.2, 0) is 11.3 Å². The molecule has 0 spiro atoms. The molecule has 0 atom stereocenters. The van der Waals surface area contributed by atoms with Gasteiger partial charge in [-0.05, 0) is 49.2 Å². The molecule has 1 fully saturated rings. The van der Waals surface area contributed by atoms with E-state index in [1.54, 1.807) is 17.2 Å². The molecule has 1 amide bonds. The summed E-state index contributed by atoms with van der Waals surface area (Å²) in [6.45, 7) is 5.49. The first-order valence-electron chi connectivity index (χ1n) is 8.79. The van der Waals surface area contributed by atoms with E-state index in [1.165, 1.54) is 11.8 Å². The lowest BCUT2D eigenvalue weighted by Crippen LogP contribution is -2.27. The third-order valence-electron chi connectivity index (χ3n) is 3.79. The molecule has 1 saturated heterocycles. The van der Waals surface area contributed by atoms with E-state index in [1.807, 2.05) is 37.3 Å². The number of hydrogen-bond donors (Lipinski definition) is 0. The molecule has 7 heteroatoms. The van der Waals surface area contributed by atoms with Crippen LogP contribution in [0.5, 0.6) is 11.5 Å². The third kappa shape index (κ3) is 4.73. The number of rotatable bonds is 8. The Balaban J connectivity index is 1.80. The zero-order valence-electron chi connectivity index (χ0n) is 15.3. The minimum atomic E-state index is -0.120. The van der Waals surface area contributed by atoms with Crippen molar-refractivity contribution in [3.05, 3.63) is 52.8 Å². The van der Waals surface area contributed by atoms with Crippen LogP contribution < -0.4 is 9.47 Å². The SMILES string of the molecule is CCCOc1ccc(C=C2SC(=S)N(Cc3ccco3)C2=O)cc1OCC. The van der Waals surface area contributed by atoms with Gasteiger partial charge in [0.05, 0.1) is 30.9 Å². The number of thioether (sulfide) groups is 1. The van der Waals surface area contributed by atoms with Gasteiger partial charge in [0.25, 0.3) is 5.91 Å². The van der Waals surface area contributed by atoms with E-state index >= 15 is 0 Å². The van der Waals surface area contributed by atoms with Gasteiger partial charge in [0.15, 0.2) is 11.5 Å². The van der Waals surface area contributed by atoms with E-state index in [4.69, 9.17) is 26.1 Å². The lowest BCUT2D eigenvalue weighted by atomic mass is 10.2. The second-order valence-electron chi connectivity index (χ2n) is 5.83. The summed E-state index contributed by atoms with van der Waals surface area (Å²) in [5.74, 6) is 1.96. The Morgan fingerprint density at radius 2 is 2.07 bits per heavy atom. The van der Waals surface area contributed by atoms with Crippen LogP contribution in [0.3, 0.4) is 0 Å². The van der Waals surface area contributed by atoms with Crippen molar-refractivity contribution in [1.82, 2.24) is 4.90 Å². The third-order valence-corrected chi connectivity index (χ3v) is 5.17. The zero-order valence-corrected chi connectivity index (χ0v) is 16.9. The fraction of sp³-hybridized carbons (Fsp3) is 0.300. The molecule has 2 heterocycles. The first-order chi connectivity index (χ1) is 13.1. The van der Waals surface area contributed by atoms with Crippen LogP contribution in [0.4, 0.5) is 0 Å². The van der Waals surface area contributed by atoms with E-state index in [0.29, 0.717) is 46.2 Å². The molecule has 5 nitrogen and oxygen atoms in total. The molecular formula is C20H21NO4S2. The number of amides is 1. The number of ether oxygens (including phenoxy) is 2. The molecule has 0 bridgehead atoms. The summed E-state index contributed by atoms with van der Waals surface area (Å²) in [6.07, 6.45) is 4.33. The zero-order chi connectivity index (χ0) is 19.2. The smallest absolute Gasteiger partial charge is 0.266 e. The highest BCUT2D eigenvalue weighted by Gasteiger charge is 2.32. The summed E-state index contributed by atoms with van der Waals surface area (Å²) in [5, 5.41) is 0. The van der Waals surface area contributed by atoms with Gasteiger partial charge in [-0.3, -0.25) is 9.69 Å². The summed E-state index contributed by atoms with van der Waals surface area (Å²) >= 11 is 6.65. The van der Waals surface area contributed by atoms with Crippen molar-refractivity contribution in [2.45, 2.75) is 26.8 Å². The van der Waals surface area contributed by atoms with Gasteiger partial charge in [-0.1, -0.05) is 37.0 Å². The number of thiocarbonyl (C=S) groups is 1. The molecule has 0 radical (unpaired) electrons. The maximum absolute atomic E-state index is 12.7. The van der Waals surface area contributed by atoms with Gasteiger partial charge in [-0.15, -0.1) is 0 Å². The molecule has 1 aromatic carbocycles. The van der Waals surface area contributed by atoms with Crippen LogP contribution in [0.1, 0.15) is 31.6 Å². The summed E-state index contributed by atoms with van der Waals surface area (Å²) in [6, 6.07) is 9.28. The number of nitrogens with zero attached hydrogens (tertiary/aromatic N) is 1. The van der Waals surface area contributed by atoms with E-state index in [9.17, 15) is 4.79 Å². The number of carbonyl (C=O) groups excluding carboxylic acids is 1. The highest BCUT2D eigenvalue weighted by Crippen LogP contribution is 2.35. The second-order valence-corrected chi connectivity index (χ2v) is 7.51. The van der Waals surface area contributed by atoms with E-state index in [-0.39, 0.29) is 5.91 Å². The van der Waals surface area contributed by atoms with Crippen LogP contribution >= 0.6 is 24.0 Å². The predicted molar refractivity (Wildman–Crippen MR) is 111 cm³/mol. The predicted octanol–water partition coefficient (Wildman–Crippen LogP) is 4.87. The summed E-state index contributed by atoms with van der Waals surface area (Å²) in [5.41, 5.74) is 0.862. The average molecular weight is 404 g/mol. The Morgan fingerprint density at radius 1 is 1.22 bits per heavy atom. The number of carbonyl (C=O) groups is 1. The molecule has 3 rings (SSSR count). The Bertz CT molecular complexity index is 846. The molecule has 0 aliphatic carbocycles. The fourth-order valence-electron chi connectivity index (χ4n) is 2.56. The van der Waals surface area contributed by atoms with Crippen LogP contribution in [0.25, 0.3) is 6.08 Å². The second kappa shape index (κ2) is 9.10. The number of benzene rings is 1. The Labute approximate surface area is 168 Å². The van der Waals surface area contributed by atoms with Gasteiger partial charge in [0, 0.05) is 0 Å². The summed E-state index contributed by atoms with van der Waals surface area (Å²) < 4.78 is 17.2. The van der Waals surface area contributed by atoms with Gasteiger partial charge >= 0.3 is 0 Å². The Kier molecular flexibility index (Phi) is 6.58. The highest BCUT2D eigenvalue weighted by molar-refractivity contribution is 8.26. The molecule has 27 heavy (non-hydrogen) atoms. The van der Waals surface area contributed by atoms with Gasteiger partial charge in [-0.2, -0.15) is 0 Å². The van der Waals surface area contributed by atoms with Crippen LogP contribution in [0, 0.1) is 0 Å².